The summed E-state index contributed by atoms with van der Waals surface area (Å²) in [6, 6.07) is 0. The van der Waals surface area contributed by atoms with E-state index < -0.39 is 6.10 Å². The number of carbonyl (C=O) groups excluding carboxylic acids is 3. The second kappa shape index (κ2) is 69.6. The Hall–Kier alpha value is -1.85. The van der Waals surface area contributed by atoms with Crippen LogP contribution in [-0.4, -0.2) is 37.2 Å². The fourth-order valence-corrected chi connectivity index (χ4v) is 11.5. The van der Waals surface area contributed by atoms with Crippen molar-refractivity contribution in [3.05, 3.63) is 12.2 Å². The Morgan fingerprint density at radius 1 is 0.237 bits per heavy atom. The third-order valence-electron chi connectivity index (χ3n) is 17.0. The molecule has 0 aliphatic heterocycles. The Balaban J connectivity index is 3.88. The molecule has 0 aliphatic rings. The highest BCUT2D eigenvalue weighted by Gasteiger charge is 2.19. The molecule has 1 atom stereocenters. The molecule has 1 unspecified atom stereocenters. The van der Waals surface area contributed by atoms with Crippen molar-refractivity contribution in [2.24, 2.45) is 0 Å². The number of hydrogen-bond acceptors (Lipinski definition) is 6. The summed E-state index contributed by atoms with van der Waals surface area (Å²) in [5.41, 5.74) is 0. The summed E-state index contributed by atoms with van der Waals surface area (Å²) in [6.07, 6.45) is 84.6. The smallest absolute Gasteiger partial charge is 0.306 e. The van der Waals surface area contributed by atoms with Crippen LogP contribution in [0.3, 0.4) is 0 Å². The first-order valence-electron chi connectivity index (χ1n) is 36.7. The summed E-state index contributed by atoms with van der Waals surface area (Å²) >= 11 is 0. The number of esters is 3. The first-order chi connectivity index (χ1) is 39.5. The second-order valence-electron chi connectivity index (χ2n) is 25.2. The zero-order valence-electron chi connectivity index (χ0n) is 54.6. The highest BCUT2D eigenvalue weighted by molar-refractivity contribution is 5.71. The van der Waals surface area contributed by atoms with E-state index in [0.717, 1.165) is 57.8 Å². The number of ether oxygens (including phenoxy) is 3. The van der Waals surface area contributed by atoms with Gasteiger partial charge in [0, 0.05) is 19.3 Å². The molecule has 0 spiro atoms. The molecule has 0 rings (SSSR count). The molecule has 0 aromatic heterocycles. The molecule has 0 N–H and O–H groups in total. The van der Waals surface area contributed by atoms with E-state index in [9.17, 15) is 14.4 Å². The average Bonchev–Trinajstić information content (AvgIpc) is 3.46. The van der Waals surface area contributed by atoms with Gasteiger partial charge in [-0.3, -0.25) is 14.4 Å². The van der Waals surface area contributed by atoms with Gasteiger partial charge in [-0.1, -0.05) is 373 Å². The Morgan fingerprint density at radius 2 is 0.412 bits per heavy atom. The van der Waals surface area contributed by atoms with Gasteiger partial charge in [-0.05, 0) is 44.9 Å². The van der Waals surface area contributed by atoms with Crippen molar-refractivity contribution in [2.45, 2.75) is 431 Å². The van der Waals surface area contributed by atoms with Crippen LogP contribution in [0.5, 0.6) is 0 Å². The molecular formula is C74H142O6. The molecule has 0 radical (unpaired) electrons. The summed E-state index contributed by atoms with van der Waals surface area (Å²) in [7, 11) is 0. The van der Waals surface area contributed by atoms with Gasteiger partial charge >= 0.3 is 17.9 Å². The minimum absolute atomic E-state index is 0.0653. The third kappa shape index (κ3) is 66.9. The molecule has 0 bridgehead atoms. The lowest BCUT2D eigenvalue weighted by Crippen LogP contribution is -2.30. The first kappa shape index (κ1) is 78.1. The van der Waals surface area contributed by atoms with Gasteiger partial charge in [-0.2, -0.15) is 0 Å². The van der Waals surface area contributed by atoms with Crippen LogP contribution in [0.15, 0.2) is 12.2 Å². The van der Waals surface area contributed by atoms with Crippen LogP contribution in [0.1, 0.15) is 425 Å². The maximum atomic E-state index is 12.9. The lowest BCUT2D eigenvalue weighted by atomic mass is 10.0. The molecule has 0 aliphatic carbocycles. The number of rotatable bonds is 69. The van der Waals surface area contributed by atoms with Crippen molar-refractivity contribution in [3.63, 3.8) is 0 Å². The molecule has 0 aromatic carbocycles. The van der Waals surface area contributed by atoms with E-state index in [-0.39, 0.29) is 31.1 Å². The molecular weight excluding hydrogens is 985 g/mol. The van der Waals surface area contributed by atoms with Gasteiger partial charge in [-0.15, -0.1) is 0 Å². The molecule has 0 saturated heterocycles. The zero-order chi connectivity index (χ0) is 57.8. The topological polar surface area (TPSA) is 78.9 Å². The van der Waals surface area contributed by atoms with E-state index in [0.29, 0.717) is 19.3 Å². The molecule has 474 valence electrons. The molecule has 0 aromatic rings. The lowest BCUT2D eigenvalue weighted by molar-refractivity contribution is -0.167. The van der Waals surface area contributed by atoms with E-state index in [1.54, 1.807) is 0 Å². The SMILES string of the molecule is CCCCCCCCCC/C=C\CCCCCCCCCCCC(=O)OC(COC(=O)CCCCCCCC)COC(=O)CCCCCCCCCCCCCCCCCCCCCCCCCCCCCCCCCCCCC. The Bertz CT molecular complexity index is 1250. The second-order valence-corrected chi connectivity index (χ2v) is 25.2. The van der Waals surface area contributed by atoms with Gasteiger partial charge in [-0.25, -0.2) is 0 Å². The third-order valence-corrected chi connectivity index (χ3v) is 17.0. The highest BCUT2D eigenvalue weighted by atomic mass is 16.6. The predicted octanol–water partition coefficient (Wildman–Crippen LogP) is 25.2. The fraction of sp³-hybridized carbons (Fsp3) is 0.932. The van der Waals surface area contributed by atoms with Crippen molar-refractivity contribution < 1.29 is 28.6 Å². The summed E-state index contributed by atoms with van der Waals surface area (Å²) in [5, 5.41) is 0. The molecule has 80 heavy (non-hydrogen) atoms. The van der Waals surface area contributed by atoms with Crippen LogP contribution in [0.2, 0.25) is 0 Å². The maximum Gasteiger partial charge on any atom is 0.306 e. The average molecular weight is 1130 g/mol. The van der Waals surface area contributed by atoms with E-state index in [2.05, 4.69) is 32.9 Å². The molecule has 0 saturated carbocycles. The molecule has 0 amide bonds. The lowest BCUT2D eigenvalue weighted by Gasteiger charge is -2.18. The van der Waals surface area contributed by atoms with Gasteiger partial charge in [0.05, 0.1) is 0 Å². The van der Waals surface area contributed by atoms with Crippen LogP contribution >= 0.6 is 0 Å². The first-order valence-corrected chi connectivity index (χ1v) is 36.7. The quantitative estimate of drug-likeness (QED) is 0.0261. The van der Waals surface area contributed by atoms with E-state index >= 15 is 0 Å². The van der Waals surface area contributed by atoms with Crippen molar-refractivity contribution in [1.82, 2.24) is 0 Å². The Labute approximate surface area is 501 Å². The standard InChI is InChI=1S/C74H142O6/c1-4-7-10-13-16-18-20-22-24-26-28-30-31-32-33-34-35-36-37-38-39-40-41-42-43-45-46-48-50-52-54-56-58-61-64-67-73(76)79-70-71(69-78-72(75)66-63-60-15-12-9-6-3)80-74(77)68-65-62-59-57-55-53-51-49-47-44-29-27-25-23-21-19-17-14-11-8-5-2/h27,29,71H,4-26,28,30-70H2,1-3H3/b29-27-. The van der Waals surface area contributed by atoms with Crippen molar-refractivity contribution in [1.29, 1.82) is 0 Å². The van der Waals surface area contributed by atoms with Gasteiger partial charge in [0.2, 0.25) is 0 Å². The number of carbonyl (C=O) groups is 3. The minimum atomic E-state index is -0.765. The molecule has 6 heteroatoms. The van der Waals surface area contributed by atoms with Crippen molar-refractivity contribution in [3.8, 4) is 0 Å². The predicted molar refractivity (Wildman–Crippen MR) is 349 cm³/mol. The van der Waals surface area contributed by atoms with Gasteiger partial charge in [0.25, 0.3) is 0 Å². The van der Waals surface area contributed by atoms with Gasteiger partial charge in [0.1, 0.15) is 13.2 Å². The van der Waals surface area contributed by atoms with Crippen LogP contribution < -0.4 is 0 Å². The largest absolute Gasteiger partial charge is 0.462 e. The van der Waals surface area contributed by atoms with Gasteiger partial charge < -0.3 is 14.2 Å². The normalized spacial score (nSPS) is 12.0. The highest BCUT2D eigenvalue weighted by Crippen LogP contribution is 2.19. The minimum Gasteiger partial charge on any atom is -0.462 e. The summed E-state index contributed by atoms with van der Waals surface area (Å²) < 4.78 is 16.9. The molecule has 6 nitrogen and oxygen atoms in total. The number of unbranched alkanes of at least 4 members (excludes halogenated alkanes) is 56. The van der Waals surface area contributed by atoms with Gasteiger partial charge in [0.15, 0.2) is 6.10 Å². The maximum absolute atomic E-state index is 12.9. The van der Waals surface area contributed by atoms with Crippen LogP contribution in [0.25, 0.3) is 0 Å². The number of hydrogen-bond donors (Lipinski definition) is 0. The van der Waals surface area contributed by atoms with Crippen LogP contribution in [0, 0.1) is 0 Å². The van der Waals surface area contributed by atoms with E-state index in [1.165, 1.54) is 327 Å². The summed E-state index contributed by atoms with van der Waals surface area (Å²) in [4.78, 5) is 38.1. The summed E-state index contributed by atoms with van der Waals surface area (Å²) in [6.45, 7) is 6.66. The Morgan fingerprint density at radius 3 is 0.625 bits per heavy atom. The van der Waals surface area contributed by atoms with Crippen LogP contribution in [-0.2, 0) is 28.6 Å². The van der Waals surface area contributed by atoms with Crippen LogP contribution in [0.4, 0.5) is 0 Å². The molecule has 0 fully saturated rings. The number of allylic oxidation sites excluding steroid dienone is 2. The Kier molecular flexibility index (Phi) is 68.0. The van der Waals surface area contributed by atoms with E-state index in [4.69, 9.17) is 14.2 Å². The van der Waals surface area contributed by atoms with Crippen molar-refractivity contribution in [2.75, 3.05) is 13.2 Å². The van der Waals surface area contributed by atoms with E-state index in [1.807, 2.05) is 0 Å². The van der Waals surface area contributed by atoms with Crippen molar-refractivity contribution >= 4 is 17.9 Å². The zero-order valence-corrected chi connectivity index (χ0v) is 54.6. The summed E-state index contributed by atoms with van der Waals surface area (Å²) in [5.74, 6) is -0.848. The monoisotopic (exact) mass is 1130 g/mol. The molecule has 0 heterocycles. The fourth-order valence-electron chi connectivity index (χ4n) is 11.5.